The summed E-state index contributed by atoms with van der Waals surface area (Å²) >= 11 is 0. The molecule has 0 spiro atoms. The Hall–Kier alpha value is -1.24. The van der Waals surface area contributed by atoms with Gasteiger partial charge in [0.1, 0.15) is 12.4 Å². The van der Waals surface area contributed by atoms with Crippen molar-refractivity contribution in [3.05, 3.63) is 42.0 Å². The molecular weight excluding hydrogens is 244 g/mol. The van der Waals surface area contributed by atoms with Crippen LogP contribution in [0.4, 0.5) is 0 Å². The molecule has 110 valence electrons. The Balaban J connectivity index is 1.84. The fraction of sp³-hybridized carbons (Fsp3) is 0.579. The number of allylic oxidation sites excluding steroid dienone is 1. The molecule has 0 N–H and O–H groups in total. The second-order valence-electron chi connectivity index (χ2n) is 5.96. The highest BCUT2D eigenvalue weighted by Gasteiger charge is 2.21. The van der Waals surface area contributed by atoms with Crippen LogP contribution in [0.2, 0.25) is 0 Å². The van der Waals surface area contributed by atoms with E-state index in [1.165, 1.54) is 44.1 Å². The molecular formula is C19H28O. The Morgan fingerprint density at radius 2 is 1.80 bits per heavy atom. The van der Waals surface area contributed by atoms with Crippen LogP contribution in [0, 0.1) is 5.92 Å². The van der Waals surface area contributed by atoms with Crippen LogP contribution in [-0.2, 0) is 0 Å². The molecule has 20 heavy (non-hydrogen) atoms. The number of hydrogen-bond acceptors (Lipinski definition) is 1. The van der Waals surface area contributed by atoms with E-state index in [2.05, 4.69) is 31.2 Å². The highest BCUT2D eigenvalue weighted by atomic mass is 16.5. The van der Waals surface area contributed by atoms with Crippen molar-refractivity contribution in [1.29, 1.82) is 0 Å². The average Bonchev–Trinajstić information content (AvgIpc) is 2.49. The Morgan fingerprint density at radius 1 is 1.10 bits per heavy atom. The number of ether oxygens (including phenoxy) is 1. The average molecular weight is 272 g/mol. The first-order valence-electron chi connectivity index (χ1n) is 8.17. The minimum absolute atomic E-state index is 0.665. The van der Waals surface area contributed by atoms with Gasteiger partial charge in [-0.3, -0.25) is 0 Å². The molecule has 0 unspecified atom stereocenters. The zero-order chi connectivity index (χ0) is 14.2. The van der Waals surface area contributed by atoms with E-state index in [1.807, 2.05) is 19.1 Å². The minimum Gasteiger partial charge on any atom is -0.490 e. The first-order chi connectivity index (χ1) is 9.83. The van der Waals surface area contributed by atoms with Crippen molar-refractivity contribution in [2.45, 2.75) is 58.3 Å². The molecule has 0 aromatic heterocycles. The summed E-state index contributed by atoms with van der Waals surface area (Å²) in [6.45, 7) is 4.98. The van der Waals surface area contributed by atoms with Crippen LogP contribution in [0.5, 0.6) is 5.75 Å². The molecule has 0 aliphatic heterocycles. The van der Waals surface area contributed by atoms with Crippen molar-refractivity contribution < 1.29 is 4.74 Å². The lowest BCUT2D eigenvalue weighted by molar-refractivity contribution is 0.308. The van der Waals surface area contributed by atoms with Crippen LogP contribution in [0.3, 0.4) is 0 Å². The summed E-state index contributed by atoms with van der Waals surface area (Å²) < 4.78 is 5.65. The summed E-state index contributed by atoms with van der Waals surface area (Å²) in [5, 5.41) is 0. The molecule has 0 radical (unpaired) electrons. The van der Waals surface area contributed by atoms with E-state index in [4.69, 9.17) is 4.74 Å². The van der Waals surface area contributed by atoms with E-state index in [-0.39, 0.29) is 0 Å². The Labute approximate surface area is 124 Å². The second kappa shape index (κ2) is 8.14. The van der Waals surface area contributed by atoms with Gasteiger partial charge in [0.25, 0.3) is 0 Å². The summed E-state index contributed by atoms with van der Waals surface area (Å²) in [5.74, 6) is 2.74. The van der Waals surface area contributed by atoms with Crippen molar-refractivity contribution >= 4 is 0 Å². The SMILES string of the molecule is CC=CCOc1ccc(C2CCC(CCC)CC2)cc1. The lowest BCUT2D eigenvalue weighted by atomic mass is 9.77. The molecule has 1 aromatic rings. The van der Waals surface area contributed by atoms with Gasteiger partial charge in [-0.2, -0.15) is 0 Å². The monoisotopic (exact) mass is 272 g/mol. The normalized spacial score (nSPS) is 23.1. The van der Waals surface area contributed by atoms with Gasteiger partial charge in [-0.25, -0.2) is 0 Å². The second-order valence-corrected chi connectivity index (χ2v) is 5.96. The fourth-order valence-corrected chi connectivity index (χ4v) is 3.27. The van der Waals surface area contributed by atoms with Gasteiger partial charge in [-0.15, -0.1) is 0 Å². The molecule has 1 fully saturated rings. The summed E-state index contributed by atoms with van der Waals surface area (Å²) in [5.41, 5.74) is 1.50. The first kappa shape index (κ1) is 15.2. The van der Waals surface area contributed by atoms with Gasteiger partial charge in [0.2, 0.25) is 0 Å². The zero-order valence-corrected chi connectivity index (χ0v) is 13.0. The standard InChI is InChI=1S/C19H28O/c1-3-5-15-20-19-13-11-18(12-14-19)17-9-7-16(6-4-2)8-10-17/h3,5,11-14,16-17H,4,6-10,15H2,1-2H3. The summed E-state index contributed by atoms with van der Waals surface area (Å²) in [4.78, 5) is 0. The third kappa shape index (κ3) is 4.40. The minimum atomic E-state index is 0.665. The molecule has 0 atom stereocenters. The molecule has 1 aromatic carbocycles. The van der Waals surface area contributed by atoms with E-state index in [1.54, 1.807) is 0 Å². The van der Waals surface area contributed by atoms with Crippen molar-refractivity contribution in [2.24, 2.45) is 5.92 Å². The van der Waals surface area contributed by atoms with Crippen LogP contribution >= 0.6 is 0 Å². The van der Waals surface area contributed by atoms with Gasteiger partial charge in [0.15, 0.2) is 0 Å². The third-order valence-corrected chi connectivity index (χ3v) is 4.48. The molecule has 0 amide bonds. The number of hydrogen-bond donors (Lipinski definition) is 0. The third-order valence-electron chi connectivity index (χ3n) is 4.48. The molecule has 0 bridgehead atoms. The lowest BCUT2D eigenvalue weighted by Gasteiger charge is -2.28. The molecule has 0 heterocycles. The quantitative estimate of drug-likeness (QED) is 0.602. The maximum absolute atomic E-state index is 5.65. The lowest BCUT2D eigenvalue weighted by Crippen LogP contribution is -2.13. The maximum atomic E-state index is 5.65. The highest BCUT2D eigenvalue weighted by Crippen LogP contribution is 2.37. The van der Waals surface area contributed by atoms with E-state index < -0.39 is 0 Å². The molecule has 1 aliphatic carbocycles. The van der Waals surface area contributed by atoms with Crippen LogP contribution in [0.1, 0.15) is 63.9 Å². The number of benzene rings is 1. The van der Waals surface area contributed by atoms with Crippen molar-refractivity contribution in [1.82, 2.24) is 0 Å². The molecule has 1 nitrogen and oxygen atoms in total. The van der Waals surface area contributed by atoms with Crippen LogP contribution < -0.4 is 4.74 Å². The van der Waals surface area contributed by atoms with Gasteiger partial charge >= 0.3 is 0 Å². The Kier molecular flexibility index (Phi) is 6.17. The van der Waals surface area contributed by atoms with E-state index in [0.29, 0.717) is 6.61 Å². The summed E-state index contributed by atoms with van der Waals surface area (Å²) in [6.07, 6.45) is 12.4. The fourth-order valence-electron chi connectivity index (χ4n) is 3.27. The zero-order valence-electron chi connectivity index (χ0n) is 13.0. The van der Waals surface area contributed by atoms with Crippen LogP contribution in [0.15, 0.2) is 36.4 Å². The summed E-state index contributed by atoms with van der Waals surface area (Å²) in [7, 11) is 0. The predicted molar refractivity (Wildman–Crippen MR) is 86.4 cm³/mol. The largest absolute Gasteiger partial charge is 0.490 e. The topological polar surface area (TPSA) is 9.23 Å². The maximum Gasteiger partial charge on any atom is 0.119 e. The smallest absolute Gasteiger partial charge is 0.119 e. The van der Waals surface area contributed by atoms with Gasteiger partial charge < -0.3 is 4.74 Å². The van der Waals surface area contributed by atoms with E-state index in [0.717, 1.165) is 17.6 Å². The number of rotatable bonds is 6. The van der Waals surface area contributed by atoms with Crippen molar-refractivity contribution in [3.8, 4) is 5.75 Å². The van der Waals surface area contributed by atoms with Gasteiger partial charge in [0, 0.05) is 0 Å². The Morgan fingerprint density at radius 3 is 2.40 bits per heavy atom. The summed E-state index contributed by atoms with van der Waals surface area (Å²) in [6, 6.07) is 8.76. The van der Waals surface area contributed by atoms with Gasteiger partial charge in [-0.1, -0.05) is 44.1 Å². The van der Waals surface area contributed by atoms with Gasteiger partial charge in [-0.05, 0) is 62.1 Å². The molecule has 1 saturated carbocycles. The molecule has 0 saturated heterocycles. The van der Waals surface area contributed by atoms with Crippen LogP contribution in [-0.4, -0.2) is 6.61 Å². The molecule has 2 rings (SSSR count). The van der Waals surface area contributed by atoms with E-state index in [9.17, 15) is 0 Å². The Bertz CT molecular complexity index is 396. The highest BCUT2D eigenvalue weighted by molar-refractivity contribution is 5.29. The van der Waals surface area contributed by atoms with Gasteiger partial charge in [0.05, 0.1) is 0 Å². The first-order valence-corrected chi connectivity index (χ1v) is 8.17. The predicted octanol–water partition coefficient (Wildman–Crippen LogP) is 5.72. The van der Waals surface area contributed by atoms with Crippen LogP contribution in [0.25, 0.3) is 0 Å². The van der Waals surface area contributed by atoms with Crippen molar-refractivity contribution in [3.63, 3.8) is 0 Å². The molecule has 1 heteroatoms. The molecule has 1 aliphatic rings. The van der Waals surface area contributed by atoms with Crippen molar-refractivity contribution in [2.75, 3.05) is 6.61 Å². The van der Waals surface area contributed by atoms with E-state index >= 15 is 0 Å².